The average molecular weight is 639 g/mol. The molecule has 15 nitrogen and oxygen atoms in total. The minimum absolute atomic E-state index is 0.150. The van der Waals surface area contributed by atoms with Crippen LogP contribution in [0.25, 0.3) is 0 Å². The third-order valence-corrected chi connectivity index (χ3v) is 6.97. The lowest BCUT2D eigenvalue weighted by Gasteiger charge is -2.29. The number of imide groups is 1. The molecule has 0 aliphatic carbocycles. The maximum atomic E-state index is 13.1. The predicted octanol–water partition coefficient (Wildman–Crippen LogP) is 3.29. The van der Waals surface area contributed by atoms with Gasteiger partial charge in [0.25, 0.3) is 11.8 Å². The van der Waals surface area contributed by atoms with E-state index in [1.807, 2.05) is 0 Å². The van der Waals surface area contributed by atoms with Gasteiger partial charge in [-0.1, -0.05) is 6.07 Å². The molecule has 1 fully saturated rings. The summed E-state index contributed by atoms with van der Waals surface area (Å²) >= 11 is 0. The van der Waals surface area contributed by atoms with Crippen molar-refractivity contribution in [1.29, 1.82) is 0 Å². The van der Waals surface area contributed by atoms with E-state index < -0.39 is 23.6 Å². The predicted molar refractivity (Wildman–Crippen MR) is 164 cm³/mol. The molecule has 1 unspecified atom stereocenters. The number of carbonyl (C=O) groups excluding carboxylic acids is 5. The second-order valence-corrected chi connectivity index (χ2v) is 11.5. The Balaban J connectivity index is 1.37. The van der Waals surface area contributed by atoms with E-state index in [4.69, 9.17) is 18.9 Å². The number of fused-ring (bicyclic) bond motifs is 1. The van der Waals surface area contributed by atoms with Gasteiger partial charge in [0.05, 0.1) is 25.6 Å². The molecular weight excluding hydrogens is 600 g/mol. The summed E-state index contributed by atoms with van der Waals surface area (Å²) in [6.45, 7) is 5.79. The molecule has 2 aliphatic rings. The van der Waals surface area contributed by atoms with Crippen LogP contribution in [0.1, 0.15) is 56.0 Å². The lowest BCUT2D eigenvalue weighted by Crippen LogP contribution is -2.52. The number of hydrogen-bond donors (Lipinski definition) is 3. The first kappa shape index (κ1) is 33.7. The van der Waals surface area contributed by atoms with E-state index in [1.165, 1.54) is 19.1 Å². The van der Waals surface area contributed by atoms with E-state index >= 15 is 0 Å². The van der Waals surface area contributed by atoms with Crippen molar-refractivity contribution in [3.05, 3.63) is 41.5 Å². The van der Waals surface area contributed by atoms with Crippen LogP contribution in [0.3, 0.4) is 0 Å². The van der Waals surface area contributed by atoms with E-state index in [0.717, 1.165) is 0 Å². The van der Waals surface area contributed by atoms with E-state index in [0.29, 0.717) is 42.0 Å². The molecule has 2 aromatic rings. The number of carbonyl (C=O) groups is 5. The number of methoxy groups -OCH3 is 2. The number of piperidine rings is 1. The zero-order valence-electron chi connectivity index (χ0n) is 26.4. The van der Waals surface area contributed by atoms with Crippen LogP contribution in [0.4, 0.5) is 16.2 Å². The van der Waals surface area contributed by atoms with Crippen molar-refractivity contribution in [2.24, 2.45) is 10.2 Å². The summed E-state index contributed by atoms with van der Waals surface area (Å²) in [6.07, 6.45) is 0.380. The first-order valence-electron chi connectivity index (χ1n) is 14.7. The molecule has 2 aromatic carbocycles. The van der Waals surface area contributed by atoms with Crippen LogP contribution in [-0.4, -0.2) is 80.2 Å². The molecule has 46 heavy (non-hydrogen) atoms. The Bertz CT molecular complexity index is 1510. The SMILES string of the molecule is COc1cc(/N=N/c2cccc3c2CN(C2CCC(=O)NC2=O)C3=O)cc(OC)c1OCC(=O)NCCCNC(=O)OC(C)(C)C. The molecule has 0 bridgehead atoms. The molecule has 4 rings (SSSR count). The topological polar surface area (TPSA) is 186 Å². The number of nitrogens with one attached hydrogen (secondary N) is 3. The Morgan fingerprint density at radius 3 is 2.37 bits per heavy atom. The molecule has 15 heteroatoms. The molecule has 2 heterocycles. The Kier molecular flexibility index (Phi) is 10.8. The third-order valence-electron chi connectivity index (χ3n) is 6.97. The minimum Gasteiger partial charge on any atom is -0.493 e. The van der Waals surface area contributed by atoms with Gasteiger partial charge in [-0.15, -0.1) is 0 Å². The molecule has 5 amide bonds. The molecular formula is C31H38N6O9. The summed E-state index contributed by atoms with van der Waals surface area (Å²) in [5.74, 6) is -0.854. The van der Waals surface area contributed by atoms with Crippen LogP contribution in [-0.2, 0) is 25.7 Å². The highest BCUT2D eigenvalue weighted by Crippen LogP contribution is 2.42. The number of amides is 5. The van der Waals surface area contributed by atoms with Crippen LogP contribution < -0.4 is 30.2 Å². The first-order valence-corrected chi connectivity index (χ1v) is 14.7. The molecule has 2 aliphatic heterocycles. The summed E-state index contributed by atoms with van der Waals surface area (Å²) in [6, 6.07) is 7.43. The van der Waals surface area contributed by atoms with Crippen molar-refractivity contribution in [3.8, 4) is 17.2 Å². The van der Waals surface area contributed by atoms with E-state index in [1.54, 1.807) is 51.1 Å². The van der Waals surface area contributed by atoms with Crippen LogP contribution in [0.2, 0.25) is 0 Å². The molecule has 1 saturated heterocycles. The number of rotatable bonds is 12. The molecule has 0 radical (unpaired) electrons. The van der Waals surface area contributed by atoms with Crippen molar-refractivity contribution in [1.82, 2.24) is 20.9 Å². The molecule has 0 aromatic heterocycles. The Hall–Kier alpha value is -5.21. The normalized spacial score (nSPS) is 16.2. The van der Waals surface area contributed by atoms with Crippen molar-refractivity contribution >= 4 is 41.1 Å². The van der Waals surface area contributed by atoms with E-state index in [2.05, 4.69) is 26.2 Å². The lowest BCUT2D eigenvalue weighted by atomic mass is 10.0. The fourth-order valence-electron chi connectivity index (χ4n) is 4.85. The molecule has 0 saturated carbocycles. The minimum atomic E-state index is -0.744. The average Bonchev–Trinajstić information content (AvgIpc) is 3.34. The number of hydrogen-bond acceptors (Lipinski definition) is 11. The van der Waals surface area contributed by atoms with E-state index in [-0.39, 0.29) is 61.0 Å². The fraction of sp³-hybridized carbons (Fsp3) is 0.452. The second kappa shape index (κ2) is 14.7. The maximum Gasteiger partial charge on any atom is 0.407 e. The standard InChI is InChI=1S/C31H38N6O9/c1-31(2,3)46-30(42)33-13-7-12-32-26(39)17-45-27-23(43-4)14-18(15-24(27)44-5)35-36-21-9-6-8-19-20(21)16-37(29(19)41)22-10-11-25(38)34-28(22)40/h6,8-9,14-15,22H,7,10-13,16-17H2,1-5H3,(H,32,39)(H,33,42)(H,34,38,40)/b36-35+. The number of nitrogens with zero attached hydrogens (tertiary/aromatic N) is 3. The quantitative estimate of drug-likeness (QED) is 0.178. The van der Waals surface area contributed by atoms with Crippen molar-refractivity contribution in [3.63, 3.8) is 0 Å². The van der Waals surface area contributed by atoms with Gasteiger partial charge in [0.2, 0.25) is 17.6 Å². The van der Waals surface area contributed by atoms with Gasteiger partial charge in [0.1, 0.15) is 11.6 Å². The highest BCUT2D eigenvalue weighted by atomic mass is 16.6. The smallest absolute Gasteiger partial charge is 0.407 e. The Labute approximate surface area is 266 Å². The molecule has 246 valence electrons. The van der Waals surface area contributed by atoms with Gasteiger partial charge in [0, 0.05) is 49.3 Å². The number of benzene rings is 2. The van der Waals surface area contributed by atoms with Gasteiger partial charge in [0.15, 0.2) is 18.1 Å². The van der Waals surface area contributed by atoms with Crippen LogP contribution in [0.15, 0.2) is 40.6 Å². The van der Waals surface area contributed by atoms with Gasteiger partial charge < -0.3 is 34.5 Å². The number of azo groups is 1. The zero-order chi connectivity index (χ0) is 33.4. The molecule has 0 spiro atoms. The summed E-state index contributed by atoms with van der Waals surface area (Å²) in [7, 11) is 2.86. The van der Waals surface area contributed by atoms with Crippen LogP contribution in [0, 0.1) is 0 Å². The van der Waals surface area contributed by atoms with Gasteiger partial charge in [-0.2, -0.15) is 10.2 Å². The number of alkyl carbamates (subject to hydrolysis) is 1. The molecule has 3 N–H and O–H groups in total. The van der Waals surface area contributed by atoms with E-state index in [9.17, 15) is 24.0 Å². The van der Waals surface area contributed by atoms with Crippen LogP contribution >= 0.6 is 0 Å². The second-order valence-electron chi connectivity index (χ2n) is 11.5. The fourth-order valence-corrected chi connectivity index (χ4v) is 4.85. The van der Waals surface area contributed by atoms with Crippen molar-refractivity contribution < 1.29 is 42.9 Å². The van der Waals surface area contributed by atoms with Gasteiger partial charge in [-0.25, -0.2) is 4.79 Å². The summed E-state index contributed by atoms with van der Waals surface area (Å²) < 4.78 is 21.8. The largest absolute Gasteiger partial charge is 0.493 e. The number of ether oxygens (including phenoxy) is 4. The lowest BCUT2D eigenvalue weighted by molar-refractivity contribution is -0.137. The van der Waals surface area contributed by atoms with Crippen molar-refractivity contribution in [2.75, 3.05) is 33.9 Å². The monoisotopic (exact) mass is 638 g/mol. The Morgan fingerprint density at radius 2 is 1.72 bits per heavy atom. The summed E-state index contributed by atoms with van der Waals surface area (Å²) in [4.78, 5) is 62.6. The summed E-state index contributed by atoms with van der Waals surface area (Å²) in [5, 5.41) is 16.3. The third kappa shape index (κ3) is 8.49. The highest BCUT2D eigenvalue weighted by molar-refractivity contribution is 6.06. The maximum absolute atomic E-state index is 13.1. The van der Waals surface area contributed by atoms with Gasteiger partial charge >= 0.3 is 6.09 Å². The van der Waals surface area contributed by atoms with Crippen LogP contribution in [0.5, 0.6) is 17.2 Å². The first-order chi connectivity index (χ1) is 21.9. The Morgan fingerprint density at radius 1 is 1.02 bits per heavy atom. The highest BCUT2D eigenvalue weighted by Gasteiger charge is 2.40. The van der Waals surface area contributed by atoms with Gasteiger partial charge in [-0.3, -0.25) is 24.5 Å². The van der Waals surface area contributed by atoms with Gasteiger partial charge in [-0.05, 0) is 45.7 Å². The summed E-state index contributed by atoms with van der Waals surface area (Å²) in [5.41, 5.74) is 1.24. The molecule has 1 atom stereocenters. The van der Waals surface area contributed by atoms with Crippen molar-refractivity contribution in [2.45, 2.75) is 58.2 Å². The zero-order valence-corrected chi connectivity index (χ0v) is 26.4.